The van der Waals surface area contributed by atoms with Crippen LogP contribution >= 0.6 is 17.0 Å². The predicted molar refractivity (Wildman–Crippen MR) is 54.3 cm³/mol. The first-order chi connectivity index (χ1) is 4.88. The molecule has 2 nitrogen and oxygen atoms in total. The molecular weight excluding hydrogens is 204 g/mol. The summed E-state index contributed by atoms with van der Waals surface area (Å²) < 4.78 is 0. The van der Waals surface area contributed by atoms with Crippen LogP contribution in [0.5, 0.6) is 0 Å². The summed E-state index contributed by atoms with van der Waals surface area (Å²) in [6.07, 6.45) is 4.05. The predicted octanol–water partition coefficient (Wildman–Crippen LogP) is 1.40. The van der Waals surface area contributed by atoms with Crippen molar-refractivity contribution in [2.24, 2.45) is 5.73 Å². The number of nitrogens with zero attached hydrogens (tertiary/aromatic N) is 1. The van der Waals surface area contributed by atoms with Gasteiger partial charge in [-0.15, -0.1) is 17.0 Å². The van der Waals surface area contributed by atoms with Crippen molar-refractivity contribution in [1.29, 1.82) is 0 Å². The number of halogens is 1. The number of hydrogen-bond donors (Lipinski definition) is 1. The normalized spacial score (nSPS) is 26.2. The Bertz CT molecular complexity index is 86.1. The summed E-state index contributed by atoms with van der Waals surface area (Å²) in [5.41, 5.74) is 5.63. The summed E-state index contributed by atoms with van der Waals surface area (Å²) in [6.45, 7) is 5.49. The van der Waals surface area contributed by atoms with Crippen LogP contribution in [0.4, 0.5) is 0 Å². The van der Waals surface area contributed by atoms with E-state index in [0.717, 1.165) is 6.54 Å². The zero-order valence-corrected chi connectivity index (χ0v) is 8.97. The Hall–Kier alpha value is 0.400. The molecule has 1 aliphatic rings. The lowest BCUT2D eigenvalue weighted by Crippen LogP contribution is -2.43. The SMILES string of the molecule is Br.CCN1CCCCC1CN. The largest absolute Gasteiger partial charge is 0.329 e. The van der Waals surface area contributed by atoms with Crippen LogP contribution in [-0.2, 0) is 0 Å². The zero-order chi connectivity index (χ0) is 7.40. The Morgan fingerprint density at radius 3 is 2.64 bits per heavy atom. The molecule has 0 aliphatic carbocycles. The molecule has 0 radical (unpaired) electrons. The van der Waals surface area contributed by atoms with E-state index in [1.54, 1.807) is 0 Å². The molecule has 0 spiro atoms. The maximum atomic E-state index is 5.63. The Kier molecular flexibility index (Phi) is 6.19. The Labute approximate surface area is 79.9 Å². The first kappa shape index (κ1) is 11.4. The molecule has 0 amide bonds. The second-order valence-corrected chi connectivity index (χ2v) is 3.01. The van der Waals surface area contributed by atoms with Crippen LogP contribution in [0.3, 0.4) is 0 Å². The van der Waals surface area contributed by atoms with Crippen molar-refractivity contribution in [3.05, 3.63) is 0 Å². The average molecular weight is 223 g/mol. The number of likely N-dealkylation sites (tertiary alicyclic amines) is 1. The third kappa shape index (κ3) is 3.09. The monoisotopic (exact) mass is 222 g/mol. The molecule has 1 heterocycles. The van der Waals surface area contributed by atoms with E-state index in [1.807, 2.05) is 0 Å². The second-order valence-electron chi connectivity index (χ2n) is 3.01. The Balaban J connectivity index is 0.000001000. The first-order valence-corrected chi connectivity index (χ1v) is 4.32. The molecule has 1 unspecified atom stereocenters. The molecule has 1 rings (SSSR count). The standard InChI is InChI=1S/C8H18N2.BrH/c1-2-10-6-4-3-5-8(10)7-9;/h8H,2-7,9H2,1H3;1H. The van der Waals surface area contributed by atoms with Crippen LogP contribution in [-0.4, -0.2) is 30.6 Å². The zero-order valence-electron chi connectivity index (χ0n) is 7.25. The van der Waals surface area contributed by atoms with Gasteiger partial charge in [0, 0.05) is 12.6 Å². The molecule has 68 valence electrons. The molecular formula is C8H19BrN2. The van der Waals surface area contributed by atoms with Crippen LogP contribution in [0, 0.1) is 0 Å². The quantitative estimate of drug-likeness (QED) is 0.766. The van der Waals surface area contributed by atoms with E-state index in [-0.39, 0.29) is 17.0 Å². The fourth-order valence-corrected chi connectivity index (χ4v) is 1.74. The van der Waals surface area contributed by atoms with Gasteiger partial charge >= 0.3 is 0 Å². The number of hydrogen-bond acceptors (Lipinski definition) is 2. The van der Waals surface area contributed by atoms with Gasteiger partial charge in [0.2, 0.25) is 0 Å². The first-order valence-electron chi connectivity index (χ1n) is 4.32. The minimum Gasteiger partial charge on any atom is -0.329 e. The highest BCUT2D eigenvalue weighted by Crippen LogP contribution is 2.14. The lowest BCUT2D eigenvalue weighted by atomic mass is 10.0. The van der Waals surface area contributed by atoms with Gasteiger partial charge in [-0.1, -0.05) is 13.3 Å². The number of rotatable bonds is 2. The molecule has 0 saturated carbocycles. The lowest BCUT2D eigenvalue weighted by Gasteiger charge is -2.33. The number of nitrogens with two attached hydrogens (primary N) is 1. The summed E-state index contributed by atoms with van der Waals surface area (Å²) in [6, 6.07) is 0.679. The van der Waals surface area contributed by atoms with Gasteiger partial charge in [-0.2, -0.15) is 0 Å². The van der Waals surface area contributed by atoms with Crippen molar-refractivity contribution in [3.63, 3.8) is 0 Å². The highest BCUT2D eigenvalue weighted by molar-refractivity contribution is 8.93. The molecule has 1 atom stereocenters. The third-order valence-corrected chi connectivity index (χ3v) is 2.43. The van der Waals surface area contributed by atoms with Crippen molar-refractivity contribution in [2.75, 3.05) is 19.6 Å². The van der Waals surface area contributed by atoms with Crippen LogP contribution < -0.4 is 5.73 Å². The van der Waals surface area contributed by atoms with Gasteiger partial charge in [0.25, 0.3) is 0 Å². The molecule has 0 aromatic rings. The lowest BCUT2D eigenvalue weighted by molar-refractivity contribution is 0.161. The molecule has 1 fully saturated rings. The van der Waals surface area contributed by atoms with Crippen LogP contribution in [0.2, 0.25) is 0 Å². The fourth-order valence-electron chi connectivity index (χ4n) is 1.74. The molecule has 0 aromatic carbocycles. The van der Waals surface area contributed by atoms with Gasteiger partial charge in [0.1, 0.15) is 0 Å². The summed E-state index contributed by atoms with van der Waals surface area (Å²) in [5, 5.41) is 0. The third-order valence-electron chi connectivity index (χ3n) is 2.43. The molecule has 1 aliphatic heterocycles. The van der Waals surface area contributed by atoms with Gasteiger partial charge in [-0.3, -0.25) is 4.90 Å². The van der Waals surface area contributed by atoms with Gasteiger partial charge in [-0.05, 0) is 25.9 Å². The maximum Gasteiger partial charge on any atom is 0.0218 e. The number of piperidine rings is 1. The summed E-state index contributed by atoms with van der Waals surface area (Å²) >= 11 is 0. The van der Waals surface area contributed by atoms with E-state index in [0.29, 0.717) is 6.04 Å². The van der Waals surface area contributed by atoms with E-state index in [9.17, 15) is 0 Å². The molecule has 1 saturated heterocycles. The Morgan fingerprint density at radius 2 is 2.18 bits per heavy atom. The second kappa shape index (κ2) is 5.98. The van der Waals surface area contributed by atoms with Gasteiger partial charge in [0.15, 0.2) is 0 Å². The van der Waals surface area contributed by atoms with E-state index in [1.165, 1.54) is 32.4 Å². The average Bonchev–Trinajstić information content (AvgIpc) is 2.04. The molecule has 2 N–H and O–H groups in total. The highest BCUT2D eigenvalue weighted by Gasteiger charge is 2.18. The summed E-state index contributed by atoms with van der Waals surface area (Å²) in [5.74, 6) is 0. The highest BCUT2D eigenvalue weighted by atomic mass is 79.9. The van der Waals surface area contributed by atoms with Crippen LogP contribution in [0.25, 0.3) is 0 Å². The summed E-state index contributed by atoms with van der Waals surface area (Å²) in [7, 11) is 0. The van der Waals surface area contributed by atoms with Crippen molar-refractivity contribution >= 4 is 17.0 Å². The van der Waals surface area contributed by atoms with E-state index >= 15 is 0 Å². The summed E-state index contributed by atoms with van der Waals surface area (Å²) in [4.78, 5) is 2.49. The molecule has 11 heavy (non-hydrogen) atoms. The van der Waals surface area contributed by atoms with E-state index < -0.39 is 0 Å². The van der Waals surface area contributed by atoms with Crippen molar-refractivity contribution in [3.8, 4) is 0 Å². The minimum atomic E-state index is 0. The maximum absolute atomic E-state index is 5.63. The fraction of sp³-hybridized carbons (Fsp3) is 1.00. The van der Waals surface area contributed by atoms with Crippen LogP contribution in [0.1, 0.15) is 26.2 Å². The molecule has 0 aromatic heterocycles. The Morgan fingerprint density at radius 1 is 1.45 bits per heavy atom. The van der Waals surface area contributed by atoms with Crippen molar-refractivity contribution in [1.82, 2.24) is 4.90 Å². The molecule has 0 bridgehead atoms. The van der Waals surface area contributed by atoms with Gasteiger partial charge < -0.3 is 5.73 Å². The van der Waals surface area contributed by atoms with Gasteiger partial charge in [-0.25, -0.2) is 0 Å². The van der Waals surface area contributed by atoms with Crippen molar-refractivity contribution in [2.45, 2.75) is 32.2 Å². The van der Waals surface area contributed by atoms with Crippen molar-refractivity contribution < 1.29 is 0 Å². The number of likely N-dealkylation sites (N-methyl/N-ethyl adjacent to an activating group) is 1. The molecule has 3 heteroatoms. The minimum absolute atomic E-state index is 0. The smallest absolute Gasteiger partial charge is 0.0218 e. The van der Waals surface area contributed by atoms with Crippen LogP contribution in [0.15, 0.2) is 0 Å². The van der Waals surface area contributed by atoms with Gasteiger partial charge in [0.05, 0.1) is 0 Å². The van der Waals surface area contributed by atoms with E-state index in [2.05, 4.69) is 11.8 Å². The van der Waals surface area contributed by atoms with E-state index in [4.69, 9.17) is 5.73 Å². The topological polar surface area (TPSA) is 29.3 Å².